The smallest absolute Gasteiger partial charge is 0.256 e. The molecule has 3 aromatic rings. The van der Waals surface area contributed by atoms with Gasteiger partial charge in [-0.3, -0.25) is 4.79 Å². The summed E-state index contributed by atoms with van der Waals surface area (Å²) >= 11 is 1.54. The van der Waals surface area contributed by atoms with Crippen molar-refractivity contribution >= 4 is 23.4 Å². The highest BCUT2D eigenvalue weighted by atomic mass is 32.2. The molecule has 0 spiro atoms. The molecule has 0 atom stereocenters. The van der Waals surface area contributed by atoms with Crippen LogP contribution in [0.4, 0.5) is 5.69 Å². The summed E-state index contributed by atoms with van der Waals surface area (Å²) in [6, 6.07) is 11.7. The third kappa shape index (κ3) is 4.54. The first-order chi connectivity index (χ1) is 15.1. The Kier molecular flexibility index (Phi) is 6.46. The minimum absolute atomic E-state index is 0.0223. The number of aryl methyl sites for hydroxylation is 2. The molecule has 1 saturated heterocycles. The number of amides is 1. The zero-order chi connectivity index (χ0) is 21.8. The molecule has 0 aliphatic carbocycles. The molecule has 0 N–H and O–H groups in total. The molecule has 1 aliphatic rings. The van der Waals surface area contributed by atoms with Gasteiger partial charge in [-0.25, -0.2) is 4.98 Å². The van der Waals surface area contributed by atoms with Gasteiger partial charge in [-0.05, 0) is 38.1 Å². The van der Waals surface area contributed by atoms with Crippen molar-refractivity contribution in [2.75, 3.05) is 38.2 Å². The first-order valence-electron chi connectivity index (χ1n) is 10.2. The molecule has 162 valence electrons. The lowest BCUT2D eigenvalue weighted by Crippen LogP contribution is -2.49. The normalized spacial score (nSPS) is 14.0. The predicted molar refractivity (Wildman–Crippen MR) is 121 cm³/mol. The number of hydrogen-bond acceptors (Lipinski definition) is 7. The molecule has 2 aromatic heterocycles. The molecule has 0 radical (unpaired) electrons. The van der Waals surface area contributed by atoms with Crippen molar-refractivity contribution in [1.82, 2.24) is 15.0 Å². The fourth-order valence-electron chi connectivity index (χ4n) is 3.73. The maximum atomic E-state index is 13.3. The van der Waals surface area contributed by atoms with E-state index in [0.717, 1.165) is 46.6 Å². The van der Waals surface area contributed by atoms with Crippen LogP contribution in [0.2, 0.25) is 0 Å². The van der Waals surface area contributed by atoms with Crippen LogP contribution in [0.3, 0.4) is 0 Å². The standard InChI is InChI=1S/C23H26N4O3S/c1-16-19(17(2)30-25-16)15-31-22-18(7-6-10-24-22)23(28)27-13-11-26(12-14-27)20-8-4-5-9-21(20)29-3/h4-10H,11-15H2,1-3H3. The lowest BCUT2D eigenvalue weighted by atomic mass is 10.2. The Morgan fingerprint density at radius 2 is 1.90 bits per heavy atom. The topological polar surface area (TPSA) is 71.7 Å². The van der Waals surface area contributed by atoms with Gasteiger partial charge in [0.05, 0.1) is 24.1 Å². The second-order valence-corrected chi connectivity index (χ2v) is 8.36. The lowest BCUT2D eigenvalue weighted by Gasteiger charge is -2.36. The van der Waals surface area contributed by atoms with Gasteiger partial charge in [-0.1, -0.05) is 17.3 Å². The third-order valence-corrected chi connectivity index (χ3v) is 6.56. The first kappa shape index (κ1) is 21.2. The van der Waals surface area contributed by atoms with E-state index in [9.17, 15) is 4.79 Å². The molecule has 1 fully saturated rings. The van der Waals surface area contributed by atoms with Crippen LogP contribution in [-0.4, -0.2) is 54.2 Å². The minimum Gasteiger partial charge on any atom is -0.495 e. The fraction of sp³-hybridized carbons (Fsp3) is 0.348. The zero-order valence-corrected chi connectivity index (χ0v) is 18.8. The lowest BCUT2D eigenvalue weighted by molar-refractivity contribution is 0.0742. The van der Waals surface area contributed by atoms with E-state index >= 15 is 0 Å². The number of pyridine rings is 1. The first-order valence-corrected chi connectivity index (χ1v) is 11.2. The summed E-state index contributed by atoms with van der Waals surface area (Å²) in [6.07, 6.45) is 1.73. The Hall–Kier alpha value is -3.00. The highest BCUT2D eigenvalue weighted by Gasteiger charge is 2.25. The number of hydrogen-bond donors (Lipinski definition) is 0. The van der Waals surface area contributed by atoms with Gasteiger partial charge >= 0.3 is 0 Å². The van der Waals surface area contributed by atoms with Crippen LogP contribution < -0.4 is 9.64 Å². The average molecular weight is 439 g/mol. The van der Waals surface area contributed by atoms with E-state index in [4.69, 9.17) is 9.26 Å². The van der Waals surface area contributed by atoms with Crippen LogP contribution >= 0.6 is 11.8 Å². The van der Waals surface area contributed by atoms with E-state index < -0.39 is 0 Å². The minimum atomic E-state index is 0.0223. The number of methoxy groups -OCH3 is 1. The summed E-state index contributed by atoms with van der Waals surface area (Å²) in [5, 5.41) is 4.74. The molecule has 4 rings (SSSR count). The molecule has 31 heavy (non-hydrogen) atoms. The van der Waals surface area contributed by atoms with Gasteiger partial charge in [0.25, 0.3) is 5.91 Å². The van der Waals surface area contributed by atoms with Crippen LogP contribution in [0, 0.1) is 13.8 Å². The molecule has 7 nitrogen and oxygen atoms in total. The van der Waals surface area contributed by atoms with E-state index in [2.05, 4.69) is 21.1 Å². The number of carbonyl (C=O) groups is 1. The number of nitrogens with zero attached hydrogens (tertiary/aromatic N) is 4. The van der Waals surface area contributed by atoms with Crippen molar-refractivity contribution < 1.29 is 14.1 Å². The van der Waals surface area contributed by atoms with Crippen LogP contribution in [0.15, 0.2) is 52.1 Å². The van der Waals surface area contributed by atoms with E-state index in [1.54, 1.807) is 25.1 Å². The summed E-state index contributed by atoms with van der Waals surface area (Å²) in [6.45, 7) is 6.65. The van der Waals surface area contributed by atoms with Gasteiger partial charge in [0.1, 0.15) is 16.5 Å². The van der Waals surface area contributed by atoms with E-state index in [1.165, 1.54) is 0 Å². The number of para-hydroxylation sites is 2. The quantitative estimate of drug-likeness (QED) is 0.540. The van der Waals surface area contributed by atoms with Crippen LogP contribution in [0.25, 0.3) is 0 Å². The zero-order valence-electron chi connectivity index (χ0n) is 18.0. The fourth-order valence-corrected chi connectivity index (χ4v) is 4.87. The van der Waals surface area contributed by atoms with Crippen molar-refractivity contribution in [2.45, 2.75) is 24.6 Å². The number of aromatic nitrogens is 2. The largest absolute Gasteiger partial charge is 0.495 e. The number of rotatable bonds is 6. The predicted octanol–water partition coefficient (Wildman–Crippen LogP) is 3.95. The summed E-state index contributed by atoms with van der Waals surface area (Å²) in [5.41, 5.74) is 3.64. The van der Waals surface area contributed by atoms with Gasteiger partial charge in [-0.2, -0.15) is 0 Å². The average Bonchev–Trinajstić information content (AvgIpc) is 3.14. The molecular formula is C23H26N4O3S. The van der Waals surface area contributed by atoms with Crippen molar-refractivity contribution in [3.8, 4) is 5.75 Å². The Morgan fingerprint density at radius 1 is 1.13 bits per heavy atom. The molecule has 0 saturated carbocycles. The molecule has 0 bridgehead atoms. The van der Waals surface area contributed by atoms with Crippen molar-refractivity contribution in [1.29, 1.82) is 0 Å². The molecule has 1 aromatic carbocycles. The summed E-state index contributed by atoms with van der Waals surface area (Å²) in [5.74, 6) is 2.35. The molecule has 8 heteroatoms. The van der Waals surface area contributed by atoms with E-state index in [-0.39, 0.29) is 5.91 Å². The van der Waals surface area contributed by atoms with Crippen molar-refractivity contribution in [3.63, 3.8) is 0 Å². The van der Waals surface area contributed by atoms with Gasteiger partial charge in [0.15, 0.2) is 0 Å². The molecule has 0 unspecified atom stereocenters. The van der Waals surface area contributed by atoms with Gasteiger partial charge < -0.3 is 19.1 Å². The third-order valence-electron chi connectivity index (χ3n) is 5.53. The van der Waals surface area contributed by atoms with Crippen molar-refractivity contribution in [2.24, 2.45) is 0 Å². The number of piperazine rings is 1. The number of carbonyl (C=O) groups excluding carboxylic acids is 1. The summed E-state index contributed by atoms with van der Waals surface area (Å²) in [4.78, 5) is 21.9. The number of anilines is 1. The molecule has 1 aliphatic heterocycles. The summed E-state index contributed by atoms with van der Waals surface area (Å²) in [7, 11) is 1.68. The Balaban J connectivity index is 1.43. The number of benzene rings is 1. The second kappa shape index (κ2) is 9.43. The second-order valence-electron chi connectivity index (χ2n) is 7.40. The Labute approximate surface area is 186 Å². The highest BCUT2D eigenvalue weighted by molar-refractivity contribution is 7.98. The monoisotopic (exact) mass is 438 g/mol. The highest BCUT2D eigenvalue weighted by Crippen LogP contribution is 2.30. The number of ether oxygens (including phenoxy) is 1. The van der Waals surface area contributed by atoms with Gasteiger partial charge in [0.2, 0.25) is 0 Å². The van der Waals surface area contributed by atoms with Crippen LogP contribution in [-0.2, 0) is 5.75 Å². The van der Waals surface area contributed by atoms with E-state index in [0.29, 0.717) is 24.4 Å². The molecular weight excluding hydrogens is 412 g/mol. The van der Waals surface area contributed by atoms with Crippen LogP contribution in [0.1, 0.15) is 27.4 Å². The summed E-state index contributed by atoms with van der Waals surface area (Å²) < 4.78 is 10.7. The SMILES string of the molecule is COc1ccccc1N1CCN(C(=O)c2cccnc2SCc2c(C)noc2C)CC1. The molecule has 1 amide bonds. The van der Waals surface area contributed by atoms with Crippen LogP contribution in [0.5, 0.6) is 5.75 Å². The maximum Gasteiger partial charge on any atom is 0.256 e. The molecule has 3 heterocycles. The Bertz CT molecular complexity index is 1040. The van der Waals surface area contributed by atoms with E-state index in [1.807, 2.05) is 49.1 Å². The van der Waals surface area contributed by atoms with Gasteiger partial charge in [0, 0.05) is 43.7 Å². The van der Waals surface area contributed by atoms with Crippen molar-refractivity contribution in [3.05, 3.63) is 65.2 Å². The number of thioether (sulfide) groups is 1. The Morgan fingerprint density at radius 3 is 2.61 bits per heavy atom. The maximum absolute atomic E-state index is 13.3. The van der Waals surface area contributed by atoms with Gasteiger partial charge in [-0.15, -0.1) is 11.8 Å².